The van der Waals surface area contributed by atoms with Crippen LogP contribution >= 0.6 is 11.6 Å². The summed E-state index contributed by atoms with van der Waals surface area (Å²) in [6.07, 6.45) is 0. The van der Waals surface area contributed by atoms with Crippen LogP contribution in [-0.2, 0) is 0 Å². The molecule has 0 saturated heterocycles. The third-order valence-electron chi connectivity index (χ3n) is 3.89. The number of hydrazone groups is 1. The van der Waals surface area contributed by atoms with Gasteiger partial charge in [-0.15, -0.1) is 0 Å². The van der Waals surface area contributed by atoms with Crippen molar-refractivity contribution in [3.8, 4) is 11.6 Å². The van der Waals surface area contributed by atoms with E-state index in [1.165, 1.54) is 31.2 Å². The van der Waals surface area contributed by atoms with Crippen molar-refractivity contribution in [2.75, 3.05) is 5.32 Å². The summed E-state index contributed by atoms with van der Waals surface area (Å²) in [5.41, 5.74) is 1.13. The number of hydrogen-bond acceptors (Lipinski definition) is 5. The lowest BCUT2D eigenvalue weighted by Crippen LogP contribution is -2.33. The Labute approximate surface area is 169 Å². The molecule has 3 aromatic rings. The van der Waals surface area contributed by atoms with E-state index < -0.39 is 23.2 Å². The molecule has 1 heterocycles. The van der Waals surface area contributed by atoms with Gasteiger partial charge in [-0.2, -0.15) is 5.10 Å². The van der Waals surface area contributed by atoms with Crippen LogP contribution in [0.2, 0.25) is 5.02 Å². The monoisotopic (exact) mass is 413 g/mol. The number of para-hydroxylation sites is 1. The minimum Gasteiger partial charge on any atom is -0.493 e. The number of H-pyrrole nitrogens is 1. The highest BCUT2D eigenvalue weighted by molar-refractivity contribution is 6.30. The topological polar surface area (TPSA) is 129 Å². The van der Waals surface area contributed by atoms with Gasteiger partial charge in [0.1, 0.15) is 5.56 Å². The van der Waals surface area contributed by atoms with E-state index >= 15 is 0 Å². The number of aromatic hydroxyl groups is 1. The van der Waals surface area contributed by atoms with E-state index in [9.17, 15) is 19.5 Å². The summed E-state index contributed by atoms with van der Waals surface area (Å²) >= 11 is 5.84. The van der Waals surface area contributed by atoms with E-state index in [0.29, 0.717) is 10.7 Å². The standard InChI is InChI=1S/C19H16ClN5O4/c1-11(23-24-18(28)21-13-5-3-2-4-6-13)15-16(26)22-19(29)25(17(15)27)14-9-7-12(20)8-10-14/h2-10,27H,1H3,(H2,21,24,28)(H,22,26,29)/b23-11+. The minimum absolute atomic E-state index is 0.00493. The number of halogens is 1. The number of carbonyl (C=O) groups is 1. The number of aromatic amines is 1. The first-order chi connectivity index (χ1) is 13.9. The molecule has 10 heteroatoms. The van der Waals surface area contributed by atoms with Crippen LogP contribution in [0.25, 0.3) is 5.69 Å². The maximum Gasteiger partial charge on any atom is 0.339 e. The number of rotatable bonds is 4. The zero-order chi connectivity index (χ0) is 21.0. The Kier molecular flexibility index (Phi) is 5.79. The third-order valence-corrected chi connectivity index (χ3v) is 4.14. The Morgan fingerprint density at radius 2 is 1.76 bits per heavy atom. The van der Waals surface area contributed by atoms with Crippen molar-refractivity contribution in [3.63, 3.8) is 0 Å². The molecular weight excluding hydrogens is 398 g/mol. The number of hydrogen-bond donors (Lipinski definition) is 4. The van der Waals surface area contributed by atoms with Gasteiger partial charge in [0, 0.05) is 10.7 Å². The number of nitrogens with one attached hydrogen (secondary N) is 3. The van der Waals surface area contributed by atoms with E-state index in [1.54, 1.807) is 30.3 Å². The molecule has 0 spiro atoms. The van der Waals surface area contributed by atoms with Crippen LogP contribution in [0.1, 0.15) is 12.5 Å². The quantitative estimate of drug-likeness (QED) is 0.386. The summed E-state index contributed by atoms with van der Waals surface area (Å²) in [7, 11) is 0. The van der Waals surface area contributed by atoms with E-state index in [2.05, 4.69) is 20.8 Å². The largest absolute Gasteiger partial charge is 0.493 e. The molecule has 0 radical (unpaired) electrons. The van der Waals surface area contributed by atoms with Crippen LogP contribution in [0.15, 0.2) is 69.3 Å². The van der Waals surface area contributed by atoms with Crippen molar-refractivity contribution in [2.24, 2.45) is 5.10 Å². The fourth-order valence-electron chi connectivity index (χ4n) is 2.55. The predicted octanol–water partition coefficient (Wildman–Crippen LogP) is 2.43. The molecule has 0 bridgehead atoms. The normalized spacial score (nSPS) is 11.2. The van der Waals surface area contributed by atoms with Crippen LogP contribution in [-0.4, -0.2) is 26.4 Å². The average molecular weight is 414 g/mol. The lowest BCUT2D eigenvalue weighted by atomic mass is 10.2. The van der Waals surface area contributed by atoms with Crippen LogP contribution in [0.3, 0.4) is 0 Å². The second-order valence-electron chi connectivity index (χ2n) is 5.90. The molecule has 0 aliphatic carbocycles. The first-order valence-electron chi connectivity index (χ1n) is 8.38. The highest BCUT2D eigenvalue weighted by Gasteiger charge is 2.18. The van der Waals surface area contributed by atoms with Gasteiger partial charge < -0.3 is 10.4 Å². The summed E-state index contributed by atoms with van der Waals surface area (Å²) in [5.74, 6) is -0.618. The van der Waals surface area contributed by atoms with Crippen molar-refractivity contribution in [2.45, 2.75) is 6.92 Å². The van der Waals surface area contributed by atoms with Gasteiger partial charge in [-0.05, 0) is 43.3 Å². The lowest BCUT2D eigenvalue weighted by Gasteiger charge is -2.11. The van der Waals surface area contributed by atoms with Gasteiger partial charge in [-0.3, -0.25) is 9.78 Å². The van der Waals surface area contributed by atoms with Crippen molar-refractivity contribution >= 4 is 29.0 Å². The molecule has 0 fully saturated rings. The summed E-state index contributed by atoms with van der Waals surface area (Å²) in [5, 5.41) is 17.4. The van der Waals surface area contributed by atoms with E-state index in [4.69, 9.17) is 11.6 Å². The molecule has 0 aliphatic rings. The molecule has 148 valence electrons. The number of urea groups is 1. The Balaban J connectivity index is 1.91. The van der Waals surface area contributed by atoms with Crippen LogP contribution in [0.4, 0.5) is 10.5 Å². The molecule has 0 atom stereocenters. The Hall–Kier alpha value is -3.85. The van der Waals surface area contributed by atoms with Gasteiger partial charge in [0.25, 0.3) is 5.56 Å². The predicted molar refractivity (Wildman–Crippen MR) is 110 cm³/mol. The zero-order valence-corrected chi connectivity index (χ0v) is 15.9. The van der Waals surface area contributed by atoms with Crippen molar-refractivity contribution in [3.05, 3.63) is 86.0 Å². The number of nitrogens with zero attached hydrogens (tertiary/aromatic N) is 2. The number of amides is 2. The highest BCUT2D eigenvalue weighted by atomic mass is 35.5. The maximum atomic E-state index is 12.2. The first-order valence-corrected chi connectivity index (χ1v) is 8.75. The Bertz CT molecular complexity index is 1180. The second-order valence-corrected chi connectivity index (χ2v) is 6.34. The van der Waals surface area contributed by atoms with Gasteiger partial charge in [-0.1, -0.05) is 29.8 Å². The fraction of sp³-hybridized carbons (Fsp3) is 0.0526. The molecule has 2 amide bonds. The molecule has 1 aromatic heterocycles. The molecule has 29 heavy (non-hydrogen) atoms. The lowest BCUT2D eigenvalue weighted by molar-refractivity contribution is 0.252. The van der Waals surface area contributed by atoms with E-state index in [0.717, 1.165) is 4.57 Å². The van der Waals surface area contributed by atoms with Crippen molar-refractivity contribution in [1.82, 2.24) is 15.0 Å². The van der Waals surface area contributed by atoms with Gasteiger partial charge in [-0.25, -0.2) is 19.6 Å². The second kappa shape index (κ2) is 8.44. The number of benzene rings is 2. The van der Waals surface area contributed by atoms with Gasteiger partial charge >= 0.3 is 11.7 Å². The number of carbonyl (C=O) groups excluding carboxylic acids is 1. The molecule has 3 rings (SSSR count). The Morgan fingerprint density at radius 1 is 1.10 bits per heavy atom. The summed E-state index contributed by atoms with van der Waals surface area (Å²) in [6, 6.07) is 14.1. The zero-order valence-electron chi connectivity index (χ0n) is 15.1. The number of aromatic nitrogens is 2. The van der Waals surface area contributed by atoms with Gasteiger partial charge in [0.05, 0.1) is 11.4 Å². The van der Waals surface area contributed by atoms with E-state index in [1.807, 2.05) is 0 Å². The summed E-state index contributed by atoms with van der Waals surface area (Å²) < 4.78 is 0.899. The summed E-state index contributed by atoms with van der Waals surface area (Å²) in [6.45, 7) is 1.41. The smallest absolute Gasteiger partial charge is 0.339 e. The van der Waals surface area contributed by atoms with Crippen LogP contribution in [0.5, 0.6) is 5.88 Å². The minimum atomic E-state index is -0.843. The van der Waals surface area contributed by atoms with E-state index in [-0.39, 0.29) is 17.0 Å². The SMILES string of the molecule is C/C(=N\NC(=O)Nc1ccccc1)c1c(O)n(-c2ccc(Cl)cc2)c(=O)[nH]c1=O. The molecular formula is C19H16ClN5O4. The van der Waals surface area contributed by atoms with Gasteiger partial charge in [0.15, 0.2) is 0 Å². The first kappa shape index (κ1) is 19.9. The molecule has 4 N–H and O–H groups in total. The maximum absolute atomic E-state index is 12.2. The third kappa shape index (κ3) is 4.53. The highest BCUT2D eigenvalue weighted by Crippen LogP contribution is 2.19. The molecule has 0 aliphatic heterocycles. The Morgan fingerprint density at radius 3 is 2.41 bits per heavy atom. The van der Waals surface area contributed by atoms with Crippen molar-refractivity contribution in [1.29, 1.82) is 0 Å². The average Bonchev–Trinajstić information content (AvgIpc) is 2.68. The van der Waals surface area contributed by atoms with Crippen LogP contribution in [0, 0.1) is 0 Å². The number of anilines is 1. The molecule has 9 nitrogen and oxygen atoms in total. The van der Waals surface area contributed by atoms with Crippen molar-refractivity contribution < 1.29 is 9.90 Å². The molecule has 0 saturated carbocycles. The molecule has 0 unspecified atom stereocenters. The van der Waals surface area contributed by atoms with Gasteiger partial charge in [0.2, 0.25) is 5.88 Å². The van der Waals surface area contributed by atoms with Crippen LogP contribution < -0.4 is 22.0 Å². The fourth-order valence-corrected chi connectivity index (χ4v) is 2.68. The summed E-state index contributed by atoms with van der Waals surface area (Å²) in [4.78, 5) is 38.5. The molecule has 2 aromatic carbocycles.